The molecule has 3 N–H and O–H groups in total. The molecular weight excluding hydrogens is 240 g/mol. The van der Waals surface area contributed by atoms with Gasteiger partial charge in [-0.15, -0.1) is 0 Å². The molecule has 1 fully saturated rings. The first kappa shape index (κ1) is 14.0. The molecular formula is C15H22N2O2. The van der Waals surface area contributed by atoms with Crippen molar-refractivity contribution in [3.8, 4) is 0 Å². The van der Waals surface area contributed by atoms with E-state index in [1.807, 2.05) is 37.3 Å². The number of aliphatic hydroxyl groups is 1. The zero-order valence-electron chi connectivity index (χ0n) is 11.4. The molecule has 4 nitrogen and oxygen atoms in total. The lowest BCUT2D eigenvalue weighted by Crippen LogP contribution is -2.46. The standard InChI is InChI=1S/C15H22N2O2/c1-12(16-11-15(19)9-5-6-10-15)14(18)17-13-7-3-2-4-8-13/h2-4,7-8,12,16,19H,5-6,9-11H2,1H3,(H,17,18). The normalized spacial score (nSPS) is 19.1. The minimum atomic E-state index is -0.624. The molecule has 0 radical (unpaired) electrons. The second-order valence-corrected chi connectivity index (χ2v) is 5.39. The largest absolute Gasteiger partial charge is 0.389 e. The van der Waals surface area contributed by atoms with Crippen LogP contribution in [0.2, 0.25) is 0 Å². The lowest BCUT2D eigenvalue weighted by Gasteiger charge is -2.24. The van der Waals surface area contributed by atoms with Gasteiger partial charge in [-0.1, -0.05) is 31.0 Å². The number of carbonyl (C=O) groups is 1. The van der Waals surface area contributed by atoms with E-state index in [1.54, 1.807) is 0 Å². The molecule has 1 saturated carbocycles. The van der Waals surface area contributed by atoms with Crippen molar-refractivity contribution in [2.24, 2.45) is 0 Å². The number of carbonyl (C=O) groups excluding carboxylic acids is 1. The van der Waals surface area contributed by atoms with E-state index in [2.05, 4.69) is 10.6 Å². The summed E-state index contributed by atoms with van der Waals surface area (Å²) in [6.07, 6.45) is 3.80. The van der Waals surface area contributed by atoms with Crippen LogP contribution in [0, 0.1) is 0 Å². The molecule has 104 valence electrons. The van der Waals surface area contributed by atoms with Gasteiger partial charge in [-0.2, -0.15) is 0 Å². The molecule has 0 spiro atoms. The second-order valence-electron chi connectivity index (χ2n) is 5.39. The van der Waals surface area contributed by atoms with Crippen molar-refractivity contribution in [1.82, 2.24) is 5.32 Å². The number of hydrogen-bond donors (Lipinski definition) is 3. The third-order valence-corrected chi connectivity index (χ3v) is 3.71. The van der Waals surface area contributed by atoms with Crippen LogP contribution in [0.15, 0.2) is 30.3 Å². The average Bonchev–Trinajstić information content (AvgIpc) is 2.84. The Morgan fingerprint density at radius 1 is 1.32 bits per heavy atom. The molecule has 1 aromatic rings. The summed E-state index contributed by atoms with van der Waals surface area (Å²) in [6.45, 7) is 2.30. The van der Waals surface area contributed by atoms with E-state index in [0.717, 1.165) is 31.4 Å². The monoisotopic (exact) mass is 262 g/mol. The molecule has 1 aliphatic rings. The van der Waals surface area contributed by atoms with Gasteiger partial charge in [-0.3, -0.25) is 4.79 Å². The number of anilines is 1. The Morgan fingerprint density at radius 3 is 2.58 bits per heavy atom. The van der Waals surface area contributed by atoms with E-state index in [0.29, 0.717) is 6.54 Å². The van der Waals surface area contributed by atoms with Crippen molar-refractivity contribution in [2.75, 3.05) is 11.9 Å². The van der Waals surface area contributed by atoms with Crippen molar-refractivity contribution in [3.05, 3.63) is 30.3 Å². The Labute approximate surface area is 114 Å². The Balaban J connectivity index is 1.79. The van der Waals surface area contributed by atoms with Crippen LogP contribution in [0.4, 0.5) is 5.69 Å². The van der Waals surface area contributed by atoms with Gasteiger partial charge in [0.05, 0.1) is 11.6 Å². The number of nitrogens with one attached hydrogen (secondary N) is 2. The summed E-state index contributed by atoms with van der Waals surface area (Å²) in [6, 6.07) is 9.08. The molecule has 1 aliphatic carbocycles. The third kappa shape index (κ3) is 4.04. The number of hydrogen-bond acceptors (Lipinski definition) is 3. The minimum absolute atomic E-state index is 0.0761. The van der Waals surface area contributed by atoms with E-state index in [-0.39, 0.29) is 11.9 Å². The number of benzene rings is 1. The molecule has 1 amide bonds. The van der Waals surface area contributed by atoms with Crippen molar-refractivity contribution in [1.29, 1.82) is 0 Å². The molecule has 1 aromatic carbocycles. The average molecular weight is 262 g/mol. The van der Waals surface area contributed by atoms with Crippen LogP contribution in [-0.4, -0.2) is 29.2 Å². The lowest BCUT2D eigenvalue weighted by atomic mass is 10.0. The highest BCUT2D eigenvalue weighted by atomic mass is 16.3. The van der Waals surface area contributed by atoms with Crippen LogP contribution in [0.1, 0.15) is 32.6 Å². The Morgan fingerprint density at radius 2 is 1.95 bits per heavy atom. The highest BCUT2D eigenvalue weighted by Crippen LogP contribution is 2.28. The maximum atomic E-state index is 12.0. The fourth-order valence-corrected chi connectivity index (χ4v) is 2.42. The first-order valence-electron chi connectivity index (χ1n) is 6.91. The van der Waals surface area contributed by atoms with Gasteiger partial charge in [0.1, 0.15) is 0 Å². The van der Waals surface area contributed by atoms with Crippen molar-refractivity contribution < 1.29 is 9.90 Å². The first-order chi connectivity index (χ1) is 9.09. The van der Waals surface area contributed by atoms with E-state index in [1.165, 1.54) is 0 Å². The SMILES string of the molecule is CC(NCC1(O)CCCC1)C(=O)Nc1ccccc1. The zero-order valence-corrected chi connectivity index (χ0v) is 11.4. The fourth-order valence-electron chi connectivity index (χ4n) is 2.42. The Kier molecular flexibility index (Phi) is 4.56. The number of para-hydroxylation sites is 1. The van der Waals surface area contributed by atoms with E-state index >= 15 is 0 Å². The summed E-state index contributed by atoms with van der Waals surface area (Å²) >= 11 is 0. The molecule has 0 bridgehead atoms. The summed E-state index contributed by atoms with van der Waals surface area (Å²) in [5.74, 6) is -0.0761. The van der Waals surface area contributed by atoms with Crippen molar-refractivity contribution in [2.45, 2.75) is 44.2 Å². The highest BCUT2D eigenvalue weighted by Gasteiger charge is 2.31. The molecule has 4 heteroatoms. The zero-order chi connectivity index (χ0) is 13.7. The predicted molar refractivity (Wildman–Crippen MR) is 76.0 cm³/mol. The van der Waals surface area contributed by atoms with Gasteiger partial charge in [0.15, 0.2) is 0 Å². The van der Waals surface area contributed by atoms with E-state index < -0.39 is 5.60 Å². The molecule has 0 saturated heterocycles. The van der Waals surface area contributed by atoms with Gasteiger partial charge in [0.25, 0.3) is 0 Å². The maximum Gasteiger partial charge on any atom is 0.241 e. The molecule has 0 aromatic heterocycles. The minimum Gasteiger partial charge on any atom is -0.389 e. The summed E-state index contributed by atoms with van der Waals surface area (Å²) < 4.78 is 0. The molecule has 0 heterocycles. The van der Waals surface area contributed by atoms with E-state index in [4.69, 9.17) is 0 Å². The van der Waals surface area contributed by atoms with Crippen LogP contribution in [0.25, 0.3) is 0 Å². The van der Waals surface area contributed by atoms with Crippen LogP contribution < -0.4 is 10.6 Å². The summed E-state index contributed by atoms with van der Waals surface area (Å²) in [7, 11) is 0. The number of rotatable bonds is 5. The first-order valence-corrected chi connectivity index (χ1v) is 6.91. The lowest BCUT2D eigenvalue weighted by molar-refractivity contribution is -0.118. The molecule has 19 heavy (non-hydrogen) atoms. The molecule has 1 atom stereocenters. The fraction of sp³-hybridized carbons (Fsp3) is 0.533. The Hall–Kier alpha value is -1.39. The maximum absolute atomic E-state index is 12.0. The van der Waals surface area contributed by atoms with Crippen LogP contribution in [0.5, 0.6) is 0 Å². The quantitative estimate of drug-likeness (QED) is 0.759. The van der Waals surface area contributed by atoms with Gasteiger partial charge < -0.3 is 15.7 Å². The summed E-state index contributed by atoms with van der Waals surface area (Å²) in [5, 5.41) is 16.2. The van der Waals surface area contributed by atoms with Crippen molar-refractivity contribution >= 4 is 11.6 Å². The molecule has 1 unspecified atom stereocenters. The van der Waals surface area contributed by atoms with Gasteiger partial charge in [0, 0.05) is 12.2 Å². The van der Waals surface area contributed by atoms with Crippen LogP contribution in [0.3, 0.4) is 0 Å². The van der Waals surface area contributed by atoms with Crippen molar-refractivity contribution in [3.63, 3.8) is 0 Å². The van der Waals surface area contributed by atoms with Crippen LogP contribution >= 0.6 is 0 Å². The molecule has 2 rings (SSSR count). The van der Waals surface area contributed by atoms with Gasteiger partial charge in [-0.05, 0) is 31.9 Å². The third-order valence-electron chi connectivity index (χ3n) is 3.71. The van der Waals surface area contributed by atoms with Gasteiger partial charge in [0.2, 0.25) is 5.91 Å². The van der Waals surface area contributed by atoms with Gasteiger partial charge >= 0.3 is 0 Å². The topological polar surface area (TPSA) is 61.4 Å². The summed E-state index contributed by atoms with van der Waals surface area (Å²) in [4.78, 5) is 12.0. The van der Waals surface area contributed by atoms with Gasteiger partial charge in [-0.25, -0.2) is 0 Å². The highest BCUT2D eigenvalue weighted by molar-refractivity contribution is 5.94. The van der Waals surface area contributed by atoms with Crippen LogP contribution in [-0.2, 0) is 4.79 Å². The summed E-state index contributed by atoms with van der Waals surface area (Å²) in [5.41, 5.74) is 0.169. The number of amides is 1. The Bertz CT molecular complexity index is 413. The smallest absolute Gasteiger partial charge is 0.241 e. The van der Waals surface area contributed by atoms with E-state index in [9.17, 15) is 9.90 Å². The predicted octanol–water partition coefficient (Wildman–Crippen LogP) is 1.91. The molecule has 0 aliphatic heterocycles. The second kappa shape index (κ2) is 6.17.